The average molecular weight is 265 g/mol. The fourth-order valence-corrected chi connectivity index (χ4v) is 3.75. The van der Waals surface area contributed by atoms with E-state index < -0.39 is 27.3 Å². The first-order chi connectivity index (χ1) is 7.91. The number of methoxy groups -OCH3 is 1. The SMILES string of the molecule is COCCC(C)S(=O)(=O)N1CCC[C@@H]1C(=O)O. The van der Waals surface area contributed by atoms with Crippen LogP contribution in [-0.4, -0.2) is 55.4 Å². The molecule has 6 nitrogen and oxygen atoms in total. The summed E-state index contributed by atoms with van der Waals surface area (Å²) in [6.45, 7) is 2.24. The molecule has 0 bridgehead atoms. The van der Waals surface area contributed by atoms with Crippen LogP contribution in [0.15, 0.2) is 0 Å². The number of sulfonamides is 1. The van der Waals surface area contributed by atoms with E-state index in [1.165, 1.54) is 7.11 Å². The van der Waals surface area contributed by atoms with Crippen molar-refractivity contribution in [2.45, 2.75) is 37.5 Å². The fourth-order valence-electron chi connectivity index (χ4n) is 1.96. The molecule has 0 amide bonds. The summed E-state index contributed by atoms with van der Waals surface area (Å²) < 4.78 is 30.3. The maximum Gasteiger partial charge on any atom is 0.322 e. The van der Waals surface area contributed by atoms with Crippen LogP contribution < -0.4 is 0 Å². The van der Waals surface area contributed by atoms with Crippen molar-refractivity contribution in [1.29, 1.82) is 0 Å². The van der Waals surface area contributed by atoms with Gasteiger partial charge in [-0.2, -0.15) is 4.31 Å². The third-order valence-corrected chi connectivity index (χ3v) is 5.40. The molecule has 1 aliphatic heterocycles. The van der Waals surface area contributed by atoms with Gasteiger partial charge in [0.15, 0.2) is 0 Å². The molecule has 1 N–H and O–H groups in total. The first kappa shape index (κ1) is 14.4. The van der Waals surface area contributed by atoms with Gasteiger partial charge in [0, 0.05) is 20.3 Å². The molecule has 0 spiro atoms. The number of carboxylic acids is 1. The predicted octanol–water partition coefficient (Wildman–Crippen LogP) is 0.290. The zero-order valence-corrected chi connectivity index (χ0v) is 10.9. The van der Waals surface area contributed by atoms with Crippen LogP contribution in [0.3, 0.4) is 0 Å². The lowest BCUT2D eigenvalue weighted by Crippen LogP contribution is -2.44. The van der Waals surface area contributed by atoms with Gasteiger partial charge in [0.25, 0.3) is 0 Å². The van der Waals surface area contributed by atoms with E-state index in [0.717, 1.165) is 4.31 Å². The standard InChI is InChI=1S/C10H19NO5S/c1-8(5-7-16-2)17(14,15)11-6-3-4-9(11)10(12)13/h8-9H,3-7H2,1-2H3,(H,12,13)/t8?,9-/m1/s1. The molecule has 0 aromatic heterocycles. The van der Waals surface area contributed by atoms with Crippen molar-refractivity contribution in [3.63, 3.8) is 0 Å². The van der Waals surface area contributed by atoms with E-state index in [4.69, 9.17) is 9.84 Å². The normalized spacial score (nSPS) is 23.8. The number of ether oxygens (including phenoxy) is 1. The third kappa shape index (κ3) is 3.17. The quantitative estimate of drug-likeness (QED) is 0.746. The van der Waals surface area contributed by atoms with E-state index in [-0.39, 0.29) is 0 Å². The number of nitrogens with zero attached hydrogens (tertiary/aromatic N) is 1. The Morgan fingerprint density at radius 3 is 2.76 bits per heavy atom. The van der Waals surface area contributed by atoms with Crippen molar-refractivity contribution in [3.05, 3.63) is 0 Å². The van der Waals surface area contributed by atoms with E-state index >= 15 is 0 Å². The van der Waals surface area contributed by atoms with Crippen molar-refractivity contribution >= 4 is 16.0 Å². The monoisotopic (exact) mass is 265 g/mol. The van der Waals surface area contributed by atoms with Crippen LogP contribution in [0.25, 0.3) is 0 Å². The molecule has 0 saturated carbocycles. The van der Waals surface area contributed by atoms with Crippen LogP contribution >= 0.6 is 0 Å². The molecule has 100 valence electrons. The first-order valence-corrected chi connectivity index (χ1v) is 7.14. The van der Waals surface area contributed by atoms with E-state index in [1.807, 2.05) is 0 Å². The number of carboxylic acid groups (broad SMARTS) is 1. The van der Waals surface area contributed by atoms with E-state index in [0.29, 0.717) is 32.4 Å². The predicted molar refractivity (Wildman–Crippen MR) is 62.2 cm³/mol. The molecule has 0 aromatic rings. The molecule has 1 rings (SSSR count). The Labute approximate surface area is 102 Å². The zero-order chi connectivity index (χ0) is 13.1. The number of aliphatic carboxylic acids is 1. The highest BCUT2D eigenvalue weighted by Gasteiger charge is 2.40. The third-order valence-electron chi connectivity index (χ3n) is 3.05. The van der Waals surface area contributed by atoms with Crippen LogP contribution in [0.2, 0.25) is 0 Å². The van der Waals surface area contributed by atoms with Crippen LogP contribution in [-0.2, 0) is 19.6 Å². The number of hydrogen-bond donors (Lipinski definition) is 1. The summed E-state index contributed by atoms with van der Waals surface area (Å²) in [5, 5.41) is 8.37. The summed E-state index contributed by atoms with van der Waals surface area (Å²) in [5.41, 5.74) is 0. The molecule has 0 aliphatic carbocycles. The summed E-state index contributed by atoms with van der Waals surface area (Å²) in [7, 11) is -2.02. The topological polar surface area (TPSA) is 83.9 Å². The Balaban J connectivity index is 2.78. The summed E-state index contributed by atoms with van der Waals surface area (Å²) in [6.07, 6.45) is 1.38. The van der Waals surface area contributed by atoms with Crippen molar-refractivity contribution in [2.24, 2.45) is 0 Å². The van der Waals surface area contributed by atoms with Crippen LogP contribution in [0.1, 0.15) is 26.2 Å². The molecule has 17 heavy (non-hydrogen) atoms. The molecule has 0 aromatic carbocycles. The Bertz CT molecular complexity index is 367. The van der Waals surface area contributed by atoms with Gasteiger partial charge in [-0.25, -0.2) is 8.42 Å². The summed E-state index contributed by atoms with van der Waals surface area (Å²) in [4.78, 5) is 11.0. The van der Waals surface area contributed by atoms with Gasteiger partial charge in [0.2, 0.25) is 10.0 Å². The van der Waals surface area contributed by atoms with Crippen LogP contribution in [0.5, 0.6) is 0 Å². The van der Waals surface area contributed by atoms with Crippen molar-refractivity contribution in [1.82, 2.24) is 4.31 Å². The van der Waals surface area contributed by atoms with E-state index in [2.05, 4.69) is 0 Å². The molecule has 1 heterocycles. The van der Waals surface area contributed by atoms with Gasteiger partial charge in [0.1, 0.15) is 6.04 Å². The molecule has 0 radical (unpaired) electrons. The Kier molecular flexibility index (Phi) is 4.91. The lowest BCUT2D eigenvalue weighted by Gasteiger charge is -2.24. The summed E-state index contributed by atoms with van der Waals surface area (Å²) >= 11 is 0. The fraction of sp³-hybridized carbons (Fsp3) is 0.900. The molecule has 7 heteroatoms. The van der Waals surface area contributed by atoms with Crippen molar-refractivity contribution < 1.29 is 23.1 Å². The van der Waals surface area contributed by atoms with Gasteiger partial charge >= 0.3 is 5.97 Å². The maximum absolute atomic E-state index is 12.2. The van der Waals surface area contributed by atoms with Gasteiger partial charge in [-0.15, -0.1) is 0 Å². The summed E-state index contributed by atoms with van der Waals surface area (Å²) in [5.74, 6) is -1.06. The first-order valence-electron chi connectivity index (χ1n) is 5.63. The second-order valence-electron chi connectivity index (χ2n) is 4.24. The van der Waals surface area contributed by atoms with Crippen molar-refractivity contribution in [2.75, 3.05) is 20.3 Å². The average Bonchev–Trinajstić information content (AvgIpc) is 2.75. The minimum Gasteiger partial charge on any atom is -0.480 e. The molecule has 1 aliphatic rings. The lowest BCUT2D eigenvalue weighted by molar-refractivity contribution is -0.140. The second-order valence-corrected chi connectivity index (χ2v) is 6.55. The Morgan fingerprint density at radius 1 is 1.59 bits per heavy atom. The van der Waals surface area contributed by atoms with Gasteiger partial charge in [-0.1, -0.05) is 0 Å². The minimum atomic E-state index is -3.53. The van der Waals surface area contributed by atoms with Gasteiger partial charge in [0.05, 0.1) is 5.25 Å². The Hall–Kier alpha value is -0.660. The molecule has 1 unspecified atom stereocenters. The smallest absolute Gasteiger partial charge is 0.322 e. The number of hydrogen-bond acceptors (Lipinski definition) is 4. The Morgan fingerprint density at radius 2 is 2.24 bits per heavy atom. The van der Waals surface area contributed by atoms with Crippen LogP contribution in [0.4, 0.5) is 0 Å². The highest BCUT2D eigenvalue weighted by molar-refractivity contribution is 7.89. The molecule has 1 saturated heterocycles. The molecular weight excluding hydrogens is 246 g/mol. The summed E-state index contributed by atoms with van der Waals surface area (Å²) in [6, 6.07) is -0.898. The highest BCUT2D eigenvalue weighted by atomic mass is 32.2. The van der Waals surface area contributed by atoms with Crippen LogP contribution in [0, 0.1) is 0 Å². The lowest BCUT2D eigenvalue weighted by atomic mass is 10.2. The van der Waals surface area contributed by atoms with Gasteiger partial charge < -0.3 is 9.84 Å². The minimum absolute atomic E-state index is 0.302. The van der Waals surface area contributed by atoms with Gasteiger partial charge in [-0.05, 0) is 26.2 Å². The molecular formula is C10H19NO5S. The largest absolute Gasteiger partial charge is 0.480 e. The molecule has 1 fully saturated rings. The van der Waals surface area contributed by atoms with E-state index in [1.54, 1.807) is 6.92 Å². The molecule has 2 atom stereocenters. The maximum atomic E-state index is 12.2. The second kappa shape index (κ2) is 5.79. The number of rotatable bonds is 6. The zero-order valence-electron chi connectivity index (χ0n) is 10.1. The highest BCUT2D eigenvalue weighted by Crippen LogP contribution is 2.24. The number of carbonyl (C=O) groups is 1. The van der Waals surface area contributed by atoms with Gasteiger partial charge in [-0.3, -0.25) is 4.79 Å². The van der Waals surface area contributed by atoms with E-state index in [9.17, 15) is 13.2 Å². The van der Waals surface area contributed by atoms with Crippen molar-refractivity contribution in [3.8, 4) is 0 Å².